The number of benzene rings is 1. The molecule has 32 heavy (non-hydrogen) atoms. The van der Waals surface area contributed by atoms with E-state index in [1.807, 2.05) is 18.1 Å². The third kappa shape index (κ3) is 3.61. The molecule has 164 valence electrons. The van der Waals surface area contributed by atoms with E-state index in [9.17, 15) is 9.18 Å². The first-order valence-electron chi connectivity index (χ1n) is 9.94. The van der Waals surface area contributed by atoms with Gasteiger partial charge < -0.3 is 14.2 Å². The van der Waals surface area contributed by atoms with Gasteiger partial charge in [0.25, 0.3) is 5.56 Å². The summed E-state index contributed by atoms with van der Waals surface area (Å²) >= 11 is 5.93. The molecule has 1 fully saturated rings. The number of nitrogens with zero attached hydrogens (tertiary/aromatic N) is 7. The van der Waals surface area contributed by atoms with Crippen molar-refractivity contribution in [3.63, 3.8) is 0 Å². The van der Waals surface area contributed by atoms with Gasteiger partial charge in [-0.3, -0.25) is 9.48 Å². The number of hydrogen-bond acceptors (Lipinski definition) is 7. The summed E-state index contributed by atoms with van der Waals surface area (Å²) in [6.45, 7) is 1.42. The van der Waals surface area contributed by atoms with E-state index in [1.54, 1.807) is 24.0 Å². The molecular formula is C21H19ClFN7O2. The third-order valence-electron chi connectivity index (χ3n) is 5.39. The van der Waals surface area contributed by atoms with Gasteiger partial charge in [0.1, 0.15) is 23.1 Å². The molecule has 0 N–H and O–H groups in total. The Morgan fingerprint density at radius 3 is 2.81 bits per heavy atom. The van der Waals surface area contributed by atoms with Gasteiger partial charge >= 0.3 is 0 Å². The highest BCUT2D eigenvalue weighted by molar-refractivity contribution is 6.30. The summed E-state index contributed by atoms with van der Waals surface area (Å²) < 4.78 is 23.7. The topological polar surface area (TPSA) is 91.0 Å². The van der Waals surface area contributed by atoms with Gasteiger partial charge in [0.2, 0.25) is 5.95 Å². The lowest BCUT2D eigenvalue weighted by Crippen LogP contribution is -2.39. The fourth-order valence-corrected chi connectivity index (χ4v) is 3.89. The molecule has 0 amide bonds. The second-order valence-electron chi connectivity index (χ2n) is 7.61. The fraction of sp³-hybridized carbons (Fsp3) is 0.286. The molecule has 4 aromatic rings. The van der Waals surface area contributed by atoms with Crippen LogP contribution in [0.15, 0.2) is 41.7 Å². The smallest absolute Gasteiger partial charge is 0.279 e. The van der Waals surface area contributed by atoms with Crippen LogP contribution < -0.4 is 10.5 Å². The second-order valence-corrected chi connectivity index (χ2v) is 8.04. The number of fused-ring (bicyclic) bond motifs is 1. The van der Waals surface area contributed by atoms with E-state index in [0.29, 0.717) is 25.6 Å². The Morgan fingerprint density at radius 1 is 1.22 bits per heavy atom. The SMILES string of the molecule is Cn1cc([C@@H]2CN(c3nc(-c4ccc(Cl)cc4F)c4ncn(C)c(=O)c4n3)CCO2)cn1. The van der Waals surface area contributed by atoms with Gasteiger partial charge in [0, 0.05) is 43.0 Å². The predicted molar refractivity (Wildman–Crippen MR) is 117 cm³/mol. The van der Waals surface area contributed by atoms with Crippen LogP contribution in [-0.2, 0) is 18.8 Å². The van der Waals surface area contributed by atoms with Crippen molar-refractivity contribution in [1.29, 1.82) is 0 Å². The number of rotatable bonds is 3. The van der Waals surface area contributed by atoms with Crippen LogP contribution in [-0.4, -0.2) is 49.0 Å². The second kappa shape index (κ2) is 7.95. The van der Waals surface area contributed by atoms with E-state index < -0.39 is 5.82 Å². The zero-order valence-corrected chi connectivity index (χ0v) is 18.1. The quantitative estimate of drug-likeness (QED) is 0.468. The molecular weight excluding hydrogens is 437 g/mol. The number of halogens is 2. The van der Waals surface area contributed by atoms with Crippen LogP contribution in [0.2, 0.25) is 5.02 Å². The molecule has 3 aromatic heterocycles. The summed E-state index contributed by atoms with van der Waals surface area (Å²) in [7, 11) is 3.43. The van der Waals surface area contributed by atoms with Gasteiger partial charge in [-0.25, -0.2) is 19.3 Å². The van der Waals surface area contributed by atoms with E-state index in [2.05, 4.69) is 20.1 Å². The van der Waals surface area contributed by atoms with E-state index >= 15 is 0 Å². The molecule has 0 bridgehead atoms. The Labute approximate surface area is 187 Å². The van der Waals surface area contributed by atoms with Crippen molar-refractivity contribution in [3.8, 4) is 11.3 Å². The van der Waals surface area contributed by atoms with Crippen LogP contribution in [0.1, 0.15) is 11.7 Å². The van der Waals surface area contributed by atoms with Crippen molar-refractivity contribution in [1.82, 2.24) is 29.3 Å². The normalized spacial score (nSPS) is 16.6. The fourth-order valence-electron chi connectivity index (χ4n) is 3.73. The maximum absolute atomic E-state index is 14.8. The molecule has 1 atom stereocenters. The molecule has 0 radical (unpaired) electrons. The molecule has 4 heterocycles. The Hall–Kier alpha value is -3.37. The maximum Gasteiger partial charge on any atom is 0.279 e. The van der Waals surface area contributed by atoms with Crippen molar-refractivity contribution in [2.75, 3.05) is 24.6 Å². The van der Waals surface area contributed by atoms with E-state index in [1.165, 1.54) is 23.0 Å². The molecule has 0 saturated carbocycles. The van der Waals surface area contributed by atoms with Crippen molar-refractivity contribution < 1.29 is 9.13 Å². The molecule has 0 aliphatic carbocycles. The van der Waals surface area contributed by atoms with Crippen molar-refractivity contribution in [2.24, 2.45) is 14.1 Å². The highest BCUT2D eigenvalue weighted by Crippen LogP contribution is 2.31. The molecule has 0 unspecified atom stereocenters. The van der Waals surface area contributed by atoms with Crippen molar-refractivity contribution in [3.05, 3.63) is 63.7 Å². The minimum atomic E-state index is -0.554. The van der Waals surface area contributed by atoms with Crippen molar-refractivity contribution >= 4 is 28.6 Å². The number of aromatic nitrogens is 6. The van der Waals surface area contributed by atoms with Gasteiger partial charge in [-0.05, 0) is 18.2 Å². The van der Waals surface area contributed by atoms with Gasteiger partial charge in [-0.1, -0.05) is 11.6 Å². The first kappa shape index (κ1) is 20.5. The molecule has 0 spiro atoms. The zero-order chi connectivity index (χ0) is 22.4. The largest absolute Gasteiger partial charge is 0.370 e. The minimum Gasteiger partial charge on any atom is -0.370 e. The van der Waals surface area contributed by atoms with Crippen LogP contribution in [0, 0.1) is 5.82 Å². The molecule has 11 heteroatoms. The monoisotopic (exact) mass is 455 g/mol. The number of aryl methyl sites for hydroxylation is 2. The van der Waals surface area contributed by atoms with Gasteiger partial charge in [0.05, 0.1) is 25.7 Å². The van der Waals surface area contributed by atoms with Crippen LogP contribution >= 0.6 is 11.6 Å². The van der Waals surface area contributed by atoms with E-state index in [-0.39, 0.29) is 39.0 Å². The van der Waals surface area contributed by atoms with Crippen LogP contribution in [0.5, 0.6) is 0 Å². The standard InChI is InChI=1S/C21H19ClFN7O2/c1-28-11-24-18-17(14-4-3-13(22)7-15(14)23)26-21(27-19(18)20(28)31)30-5-6-32-16(10-30)12-8-25-29(2)9-12/h3-4,7-9,11,16H,5-6,10H2,1-2H3/t16-/m0/s1. The molecule has 9 nitrogen and oxygen atoms in total. The van der Waals surface area contributed by atoms with E-state index in [0.717, 1.165) is 5.56 Å². The Kier molecular flexibility index (Phi) is 5.10. The summed E-state index contributed by atoms with van der Waals surface area (Å²) in [6, 6.07) is 4.31. The molecule has 1 saturated heterocycles. The highest BCUT2D eigenvalue weighted by atomic mass is 35.5. The minimum absolute atomic E-state index is 0.119. The van der Waals surface area contributed by atoms with Crippen molar-refractivity contribution in [2.45, 2.75) is 6.10 Å². The molecule has 1 aliphatic heterocycles. The van der Waals surface area contributed by atoms with Crippen LogP contribution in [0.25, 0.3) is 22.3 Å². The summed E-state index contributed by atoms with van der Waals surface area (Å²) in [6.07, 6.45) is 4.79. The first-order chi connectivity index (χ1) is 15.4. The number of morpholine rings is 1. The number of anilines is 1. The highest BCUT2D eigenvalue weighted by Gasteiger charge is 2.27. The lowest BCUT2D eigenvalue weighted by molar-refractivity contribution is 0.0392. The lowest BCUT2D eigenvalue weighted by Gasteiger charge is -2.32. The Morgan fingerprint density at radius 2 is 2.06 bits per heavy atom. The van der Waals surface area contributed by atoms with Gasteiger partial charge in [-0.2, -0.15) is 5.10 Å². The summed E-state index contributed by atoms with van der Waals surface area (Å²) in [5, 5.41) is 4.47. The molecule has 1 aromatic carbocycles. The van der Waals surface area contributed by atoms with E-state index in [4.69, 9.17) is 16.3 Å². The van der Waals surface area contributed by atoms with Crippen LogP contribution in [0.4, 0.5) is 10.3 Å². The predicted octanol–water partition coefficient (Wildman–Crippen LogP) is 2.49. The molecule has 1 aliphatic rings. The number of ether oxygens (including phenoxy) is 1. The average molecular weight is 456 g/mol. The summed E-state index contributed by atoms with van der Waals surface area (Å²) in [5.74, 6) is -0.245. The third-order valence-corrected chi connectivity index (χ3v) is 5.62. The van der Waals surface area contributed by atoms with Gasteiger partial charge in [0.15, 0.2) is 5.52 Å². The summed E-state index contributed by atoms with van der Waals surface area (Å²) in [5.41, 5.74) is 1.37. The molecule has 5 rings (SSSR count). The maximum atomic E-state index is 14.8. The van der Waals surface area contributed by atoms with Gasteiger partial charge in [-0.15, -0.1) is 0 Å². The zero-order valence-electron chi connectivity index (χ0n) is 17.4. The Balaban J connectivity index is 1.65. The summed E-state index contributed by atoms with van der Waals surface area (Å²) in [4.78, 5) is 28.2. The van der Waals surface area contributed by atoms with Crippen LogP contribution in [0.3, 0.4) is 0 Å². The number of hydrogen-bond donors (Lipinski definition) is 0. The lowest BCUT2D eigenvalue weighted by atomic mass is 10.1. The first-order valence-corrected chi connectivity index (χ1v) is 10.3. The average Bonchev–Trinajstić information content (AvgIpc) is 3.22. The Bertz CT molecular complexity index is 1390.